The first-order valence-electron chi connectivity index (χ1n) is 6.29. The number of nitrogens with zero attached hydrogens (tertiary/aromatic N) is 2. The minimum absolute atomic E-state index is 0.0251. The summed E-state index contributed by atoms with van der Waals surface area (Å²) in [5.41, 5.74) is 6.41. The molecule has 7 nitrogen and oxygen atoms in total. The Kier molecular flexibility index (Phi) is 4.19. The Labute approximate surface area is 123 Å². The molecule has 0 amide bonds. The van der Waals surface area contributed by atoms with E-state index in [-0.39, 0.29) is 10.7 Å². The highest BCUT2D eigenvalue weighted by molar-refractivity contribution is 7.89. The van der Waals surface area contributed by atoms with Gasteiger partial charge in [-0.1, -0.05) is 12.1 Å². The molecule has 1 aromatic carbocycles. The Morgan fingerprint density at radius 3 is 2.71 bits per heavy atom. The maximum Gasteiger partial charge on any atom is 0.246 e. The molecule has 8 heteroatoms. The van der Waals surface area contributed by atoms with Gasteiger partial charge in [0.15, 0.2) is 5.82 Å². The molecule has 0 spiro atoms. The van der Waals surface area contributed by atoms with Gasteiger partial charge >= 0.3 is 0 Å². The summed E-state index contributed by atoms with van der Waals surface area (Å²) in [4.78, 5) is -0.0280. The normalized spacial score (nSPS) is 13.1. The van der Waals surface area contributed by atoms with Gasteiger partial charge in [0.1, 0.15) is 10.6 Å². The van der Waals surface area contributed by atoms with Gasteiger partial charge in [-0.2, -0.15) is 5.10 Å². The van der Waals surface area contributed by atoms with Gasteiger partial charge in [0, 0.05) is 19.3 Å². The van der Waals surface area contributed by atoms with E-state index in [9.17, 15) is 8.42 Å². The molecule has 0 aliphatic carbocycles. The Morgan fingerprint density at radius 1 is 1.43 bits per heavy atom. The predicted octanol–water partition coefficient (Wildman–Crippen LogP) is 1.05. The molecule has 0 saturated heterocycles. The quantitative estimate of drug-likeness (QED) is 0.860. The Hall–Kier alpha value is -2.06. The summed E-state index contributed by atoms with van der Waals surface area (Å²) in [6.07, 6.45) is 1.37. The van der Waals surface area contributed by atoms with Gasteiger partial charge < -0.3 is 10.5 Å². The molecule has 3 N–H and O–H groups in total. The number of nitrogens with two attached hydrogens (primary N) is 1. The van der Waals surface area contributed by atoms with E-state index in [1.807, 2.05) is 6.07 Å². The van der Waals surface area contributed by atoms with Crippen LogP contribution in [-0.2, 0) is 17.1 Å². The van der Waals surface area contributed by atoms with Crippen molar-refractivity contribution >= 4 is 15.8 Å². The van der Waals surface area contributed by atoms with E-state index in [4.69, 9.17) is 10.5 Å². The maximum atomic E-state index is 12.3. The highest BCUT2D eigenvalue weighted by atomic mass is 32.2. The molecule has 114 valence electrons. The summed E-state index contributed by atoms with van der Waals surface area (Å²) < 4.78 is 33.7. The van der Waals surface area contributed by atoms with Gasteiger partial charge in [0.05, 0.1) is 7.11 Å². The summed E-state index contributed by atoms with van der Waals surface area (Å²) in [5.74, 6) is 0.641. The number of hydrogen-bond donors (Lipinski definition) is 2. The van der Waals surface area contributed by atoms with Gasteiger partial charge in [0.25, 0.3) is 0 Å². The van der Waals surface area contributed by atoms with Crippen molar-refractivity contribution in [1.29, 1.82) is 0 Å². The lowest BCUT2D eigenvalue weighted by Crippen LogP contribution is -2.27. The molecule has 1 atom stereocenters. The summed E-state index contributed by atoms with van der Waals surface area (Å²) in [6.45, 7) is 1.75. The van der Waals surface area contributed by atoms with E-state index in [0.29, 0.717) is 5.75 Å². The molecule has 0 aliphatic heterocycles. The van der Waals surface area contributed by atoms with Crippen LogP contribution in [0.3, 0.4) is 0 Å². The number of hydrogen-bond acceptors (Lipinski definition) is 5. The van der Waals surface area contributed by atoms with E-state index in [1.165, 1.54) is 10.9 Å². The van der Waals surface area contributed by atoms with Crippen LogP contribution in [0.5, 0.6) is 5.75 Å². The van der Waals surface area contributed by atoms with E-state index < -0.39 is 16.1 Å². The average Bonchev–Trinajstić information content (AvgIpc) is 2.78. The van der Waals surface area contributed by atoms with E-state index in [2.05, 4.69) is 9.82 Å². The van der Waals surface area contributed by atoms with Gasteiger partial charge in [-0.25, -0.2) is 13.1 Å². The van der Waals surface area contributed by atoms with Gasteiger partial charge in [-0.05, 0) is 24.6 Å². The number of aryl methyl sites for hydroxylation is 1. The fraction of sp³-hybridized carbons (Fsp3) is 0.308. The third-order valence-corrected chi connectivity index (χ3v) is 4.59. The van der Waals surface area contributed by atoms with Crippen LogP contribution in [-0.4, -0.2) is 25.3 Å². The van der Waals surface area contributed by atoms with Crippen molar-refractivity contribution in [2.24, 2.45) is 7.05 Å². The number of ether oxygens (including phenoxy) is 1. The minimum Gasteiger partial charge on any atom is -0.497 e. The van der Waals surface area contributed by atoms with Gasteiger partial charge in [-0.15, -0.1) is 0 Å². The monoisotopic (exact) mass is 310 g/mol. The zero-order valence-electron chi connectivity index (χ0n) is 12.1. The number of anilines is 1. The lowest BCUT2D eigenvalue weighted by molar-refractivity contribution is 0.413. The van der Waals surface area contributed by atoms with Gasteiger partial charge in [0.2, 0.25) is 10.0 Å². The zero-order chi connectivity index (χ0) is 15.6. The molecule has 2 aromatic rings. The Balaban J connectivity index is 2.25. The maximum absolute atomic E-state index is 12.3. The van der Waals surface area contributed by atoms with Crippen molar-refractivity contribution in [3.05, 3.63) is 36.0 Å². The van der Waals surface area contributed by atoms with Crippen LogP contribution in [0.1, 0.15) is 18.5 Å². The molecule has 1 aromatic heterocycles. The van der Waals surface area contributed by atoms with E-state index in [0.717, 1.165) is 5.56 Å². The summed E-state index contributed by atoms with van der Waals surface area (Å²) in [7, 11) is -0.564. The summed E-state index contributed by atoms with van der Waals surface area (Å²) >= 11 is 0. The number of sulfonamides is 1. The largest absolute Gasteiger partial charge is 0.497 e. The average molecular weight is 310 g/mol. The minimum atomic E-state index is -3.74. The molecule has 21 heavy (non-hydrogen) atoms. The van der Waals surface area contributed by atoms with Crippen molar-refractivity contribution in [1.82, 2.24) is 14.5 Å². The highest BCUT2D eigenvalue weighted by Gasteiger charge is 2.23. The molecular weight excluding hydrogens is 292 g/mol. The molecule has 1 unspecified atom stereocenters. The fourth-order valence-electron chi connectivity index (χ4n) is 1.97. The predicted molar refractivity (Wildman–Crippen MR) is 79.4 cm³/mol. The zero-order valence-corrected chi connectivity index (χ0v) is 12.9. The van der Waals surface area contributed by atoms with Crippen LogP contribution >= 0.6 is 0 Å². The molecule has 0 saturated carbocycles. The van der Waals surface area contributed by atoms with Crippen molar-refractivity contribution < 1.29 is 13.2 Å². The first-order valence-corrected chi connectivity index (χ1v) is 7.77. The molecule has 0 bridgehead atoms. The molecule has 0 radical (unpaired) electrons. The number of nitrogens with one attached hydrogen (secondary N) is 1. The summed E-state index contributed by atoms with van der Waals surface area (Å²) in [6, 6.07) is 6.77. The second-order valence-electron chi connectivity index (χ2n) is 4.67. The highest BCUT2D eigenvalue weighted by Crippen LogP contribution is 2.22. The molecule has 0 fully saturated rings. The van der Waals surface area contributed by atoms with Crippen molar-refractivity contribution in [2.45, 2.75) is 17.9 Å². The topological polar surface area (TPSA) is 99.2 Å². The Bertz CT molecular complexity index is 740. The van der Waals surface area contributed by atoms with Crippen LogP contribution in [0.25, 0.3) is 0 Å². The first-order chi connectivity index (χ1) is 9.83. The molecule has 1 heterocycles. The summed E-state index contributed by atoms with van der Waals surface area (Å²) in [5, 5.41) is 3.84. The first kappa shape index (κ1) is 15.3. The number of nitrogen functional groups attached to an aromatic ring is 1. The standard InChI is InChI=1S/C13H18N4O3S/c1-9(10-5-4-6-11(7-10)20-3)16-21(18,19)12-8-17(2)15-13(12)14/h4-9,16H,1-3H3,(H2,14,15). The number of aromatic nitrogens is 2. The van der Waals surface area contributed by atoms with Crippen LogP contribution in [0.2, 0.25) is 0 Å². The van der Waals surface area contributed by atoms with Crippen molar-refractivity contribution in [3.63, 3.8) is 0 Å². The fourth-order valence-corrected chi connectivity index (χ4v) is 3.30. The van der Waals surface area contributed by atoms with Crippen LogP contribution in [0.4, 0.5) is 5.82 Å². The third kappa shape index (κ3) is 3.34. The van der Waals surface area contributed by atoms with Gasteiger partial charge in [-0.3, -0.25) is 4.68 Å². The van der Waals surface area contributed by atoms with Crippen LogP contribution in [0, 0.1) is 0 Å². The molecular formula is C13H18N4O3S. The molecule has 2 rings (SSSR count). The van der Waals surface area contributed by atoms with Crippen LogP contribution in [0.15, 0.2) is 35.4 Å². The molecule has 0 aliphatic rings. The lowest BCUT2D eigenvalue weighted by Gasteiger charge is -2.15. The SMILES string of the molecule is COc1cccc(C(C)NS(=O)(=O)c2cn(C)nc2N)c1. The van der Waals surface area contributed by atoms with Crippen molar-refractivity contribution in [3.8, 4) is 5.75 Å². The second kappa shape index (κ2) is 5.74. The van der Waals surface area contributed by atoms with Crippen LogP contribution < -0.4 is 15.2 Å². The third-order valence-electron chi connectivity index (χ3n) is 3.04. The van der Waals surface area contributed by atoms with E-state index >= 15 is 0 Å². The number of rotatable bonds is 5. The Morgan fingerprint density at radius 2 is 2.14 bits per heavy atom. The second-order valence-corrected chi connectivity index (χ2v) is 6.35. The van der Waals surface area contributed by atoms with E-state index in [1.54, 1.807) is 39.3 Å². The number of benzene rings is 1. The number of methoxy groups -OCH3 is 1. The van der Waals surface area contributed by atoms with Crippen molar-refractivity contribution in [2.75, 3.05) is 12.8 Å². The smallest absolute Gasteiger partial charge is 0.246 e. The lowest BCUT2D eigenvalue weighted by atomic mass is 10.1.